The maximum Gasteiger partial charge on any atom is 0.290 e. The van der Waals surface area contributed by atoms with Gasteiger partial charge in [-0.15, -0.1) is 24.8 Å². The number of morpholine rings is 1. The van der Waals surface area contributed by atoms with Crippen molar-refractivity contribution in [2.45, 2.75) is 43.4 Å². The minimum absolute atomic E-state index is 0. The van der Waals surface area contributed by atoms with E-state index in [0.717, 1.165) is 12.8 Å². The summed E-state index contributed by atoms with van der Waals surface area (Å²) in [6, 6.07) is 1.12. The standard InChI is InChI=1S/C15H22N4O2.2ClH/c1-18-5-4-16-13(18)14(20)19-6-7-21-15(10-19)8-11-2-3-12(9-15)17-11;;/h4-5,11-12,17H,2-3,6-10H2,1H3;2*1H/t11-,12+,15?;;. The molecule has 1 spiro atoms. The van der Waals surface area contributed by atoms with E-state index in [-0.39, 0.29) is 36.3 Å². The molecule has 3 fully saturated rings. The zero-order valence-electron chi connectivity index (χ0n) is 13.2. The van der Waals surface area contributed by atoms with E-state index >= 15 is 0 Å². The van der Waals surface area contributed by atoms with Gasteiger partial charge in [-0.2, -0.15) is 0 Å². The van der Waals surface area contributed by atoms with Gasteiger partial charge in [-0.3, -0.25) is 4.79 Å². The number of aryl methyl sites for hydroxylation is 1. The summed E-state index contributed by atoms with van der Waals surface area (Å²) in [6.45, 7) is 2.00. The van der Waals surface area contributed by atoms with E-state index in [1.54, 1.807) is 10.8 Å². The predicted molar refractivity (Wildman–Crippen MR) is 91.5 cm³/mol. The largest absolute Gasteiger partial charge is 0.371 e. The minimum atomic E-state index is -0.143. The Morgan fingerprint density at radius 1 is 1.35 bits per heavy atom. The number of fused-ring (bicyclic) bond motifs is 2. The summed E-state index contributed by atoms with van der Waals surface area (Å²) in [5.74, 6) is 0.542. The molecule has 3 aliphatic heterocycles. The molecule has 1 unspecified atom stereocenters. The highest BCUT2D eigenvalue weighted by atomic mass is 35.5. The van der Waals surface area contributed by atoms with Crippen molar-refractivity contribution in [3.8, 4) is 0 Å². The quantitative estimate of drug-likeness (QED) is 0.819. The van der Waals surface area contributed by atoms with Gasteiger partial charge in [0.1, 0.15) is 0 Å². The third kappa shape index (κ3) is 3.36. The lowest BCUT2D eigenvalue weighted by Gasteiger charge is -2.47. The number of piperidine rings is 1. The van der Waals surface area contributed by atoms with E-state index < -0.39 is 0 Å². The second-order valence-corrected chi connectivity index (χ2v) is 6.67. The van der Waals surface area contributed by atoms with Crippen molar-refractivity contribution in [2.75, 3.05) is 19.7 Å². The molecule has 23 heavy (non-hydrogen) atoms. The second kappa shape index (κ2) is 6.97. The molecule has 3 saturated heterocycles. The van der Waals surface area contributed by atoms with Crippen molar-refractivity contribution in [1.82, 2.24) is 19.8 Å². The lowest BCUT2D eigenvalue weighted by molar-refractivity contribution is -0.122. The third-order valence-electron chi connectivity index (χ3n) is 5.12. The number of carbonyl (C=O) groups is 1. The fraction of sp³-hybridized carbons (Fsp3) is 0.733. The molecule has 130 valence electrons. The van der Waals surface area contributed by atoms with Crippen LogP contribution in [0.3, 0.4) is 0 Å². The first kappa shape index (κ1) is 18.5. The van der Waals surface area contributed by atoms with Gasteiger partial charge in [-0.05, 0) is 25.7 Å². The summed E-state index contributed by atoms with van der Waals surface area (Å²) >= 11 is 0. The lowest BCUT2D eigenvalue weighted by Crippen LogP contribution is -2.60. The fourth-order valence-electron chi connectivity index (χ4n) is 4.18. The number of carbonyl (C=O) groups excluding carboxylic acids is 1. The predicted octanol–water partition coefficient (Wildman–Crippen LogP) is 1.39. The molecule has 0 aromatic carbocycles. The monoisotopic (exact) mass is 362 g/mol. The van der Waals surface area contributed by atoms with Gasteiger partial charge in [0.05, 0.1) is 18.8 Å². The molecule has 3 aliphatic rings. The van der Waals surface area contributed by atoms with E-state index in [2.05, 4.69) is 10.3 Å². The summed E-state index contributed by atoms with van der Waals surface area (Å²) < 4.78 is 7.94. The highest BCUT2D eigenvalue weighted by Gasteiger charge is 2.47. The van der Waals surface area contributed by atoms with Gasteiger partial charge < -0.3 is 19.5 Å². The molecular formula is C15H24Cl2N4O2. The topological polar surface area (TPSA) is 59.4 Å². The van der Waals surface area contributed by atoms with Crippen LogP contribution in [0.5, 0.6) is 0 Å². The van der Waals surface area contributed by atoms with Gasteiger partial charge in [0.25, 0.3) is 5.91 Å². The number of rotatable bonds is 1. The first-order chi connectivity index (χ1) is 10.2. The molecule has 3 atom stereocenters. The molecule has 8 heteroatoms. The van der Waals surface area contributed by atoms with Gasteiger partial charge in [0.15, 0.2) is 5.82 Å². The van der Waals surface area contributed by atoms with E-state index in [9.17, 15) is 4.79 Å². The van der Waals surface area contributed by atoms with Crippen molar-refractivity contribution < 1.29 is 9.53 Å². The van der Waals surface area contributed by atoms with Crippen molar-refractivity contribution in [3.05, 3.63) is 18.2 Å². The summed E-state index contributed by atoms with van der Waals surface area (Å²) in [5.41, 5.74) is -0.143. The molecule has 6 nitrogen and oxygen atoms in total. The van der Waals surface area contributed by atoms with E-state index in [1.807, 2.05) is 18.1 Å². The number of nitrogens with zero attached hydrogens (tertiary/aromatic N) is 3. The Labute approximate surface area is 148 Å². The summed E-state index contributed by atoms with van der Waals surface area (Å²) in [7, 11) is 1.86. The molecule has 2 bridgehead atoms. The van der Waals surface area contributed by atoms with E-state index in [4.69, 9.17) is 4.74 Å². The van der Waals surface area contributed by atoms with Crippen LogP contribution in [0.4, 0.5) is 0 Å². The Hall–Kier alpha value is -0.820. The van der Waals surface area contributed by atoms with Crippen LogP contribution in [0.25, 0.3) is 0 Å². The highest BCUT2D eigenvalue weighted by molar-refractivity contribution is 5.91. The Balaban J connectivity index is 0.000000960. The second-order valence-electron chi connectivity index (χ2n) is 6.67. The third-order valence-corrected chi connectivity index (χ3v) is 5.12. The van der Waals surface area contributed by atoms with Crippen LogP contribution in [0, 0.1) is 0 Å². The SMILES string of the molecule is Cl.Cl.Cn1ccnc1C(=O)N1CCOC2(C[C@H]3CC[C@@H](C2)N3)C1. The molecule has 4 rings (SSSR count). The molecule has 1 aromatic heterocycles. The van der Waals surface area contributed by atoms with E-state index in [0.29, 0.717) is 37.6 Å². The van der Waals surface area contributed by atoms with Gasteiger partial charge in [0, 0.05) is 38.1 Å². The molecule has 0 radical (unpaired) electrons. The van der Waals surface area contributed by atoms with Crippen molar-refractivity contribution in [1.29, 1.82) is 0 Å². The average molecular weight is 363 g/mol. The number of halogens is 2. The zero-order chi connectivity index (χ0) is 14.4. The Kier molecular flexibility index (Phi) is 5.61. The molecular weight excluding hydrogens is 339 g/mol. The first-order valence-electron chi connectivity index (χ1n) is 7.82. The Morgan fingerprint density at radius 2 is 2.04 bits per heavy atom. The number of aromatic nitrogens is 2. The summed E-state index contributed by atoms with van der Waals surface area (Å²) in [5, 5.41) is 3.64. The molecule has 0 aliphatic carbocycles. The fourth-order valence-corrected chi connectivity index (χ4v) is 4.18. The minimum Gasteiger partial charge on any atom is -0.371 e. The van der Waals surface area contributed by atoms with Crippen LogP contribution >= 0.6 is 24.8 Å². The Morgan fingerprint density at radius 3 is 2.65 bits per heavy atom. The summed E-state index contributed by atoms with van der Waals surface area (Å²) in [4.78, 5) is 18.8. The smallest absolute Gasteiger partial charge is 0.290 e. The normalized spacial score (nSPS) is 32.3. The van der Waals surface area contributed by atoms with E-state index in [1.165, 1.54) is 12.8 Å². The van der Waals surface area contributed by atoms with Gasteiger partial charge in [-0.1, -0.05) is 0 Å². The number of imidazole rings is 1. The molecule has 1 amide bonds. The zero-order valence-corrected chi connectivity index (χ0v) is 14.9. The molecule has 0 saturated carbocycles. The van der Waals surface area contributed by atoms with Crippen molar-refractivity contribution in [2.24, 2.45) is 7.05 Å². The van der Waals surface area contributed by atoms with Crippen molar-refractivity contribution in [3.63, 3.8) is 0 Å². The van der Waals surface area contributed by atoms with Crippen LogP contribution < -0.4 is 5.32 Å². The van der Waals surface area contributed by atoms with Crippen LogP contribution in [0.1, 0.15) is 36.3 Å². The van der Waals surface area contributed by atoms with Gasteiger partial charge in [0.2, 0.25) is 0 Å². The average Bonchev–Trinajstić information content (AvgIpc) is 3.04. The number of hydrogen-bond donors (Lipinski definition) is 1. The van der Waals surface area contributed by atoms with Crippen LogP contribution in [0.2, 0.25) is 0 Å². The van der Waals surface area contributed by atoms with Crippen LogP contribution in [-0.4, -0.2) is 57.7 Å². The van der Waals surface area contributed by atoms with Gasteiger partial charge in [-0.25, -0.2) is 4.98 Å². The maximum absolute atomic E-state index is 12.7. The number of ether oxygens (including phenoxy) is 1. The number of hydrogen-bond acceptors (Lipinski definition) is 4. The summed E-state index contributed by atoms with van der Waals surface area (Å²) in [6.07, 6.45) is 8.01. The molecule has 1 N–H and O–H groups in total. The number of nitrogens with one attached hydrogen (secondary N) is 1. The van der Waals surface area contributed by atoms with Crippen LogP contribution in [0.15, 0.2) is 12.4 Å². The lowest BCUT2D eigenvalue weighted by atomic mass is 9.85. The maximum atomic E-state index is 12.7. The van der Waals surface area contributed by atoms with Gasteiger partial charge >= 0.3 is 0 Å². The Bertz CT molecular complexity index is 553. The molecule has 1 aromatic rings. The van der Waals surface area contributed by atoms with Crippen molar-refractivity contribution >= 4 is 30.7 Å². The molecule has 4 heterocycles. The van der Waals surface area contributed by atoms with Crippen LogP contribution in [-0.2, 0) is 11.8 Å². The number of amides is 1. The highest BCUT2D eigenvalue weighted by Crippen LogP contribution is 2.38. The first-order valence-corrected chi connectivity index (χ1v) is 7.82.